The van der Waals surface area contributed by atoms with Gasteiger partial charge in [-0.25, -0.2) is 9.50 Å². The lowest BCUT2D eigenvalue weighted by molar-refractivity contribution is 0.317. The zero-order valence-corrected chi connectivity index (χ0v) is 13.5. The van der Waals surface area contributed by atoms with Gasteiger partial charge in [0.15, 0.2) is 5.65 Å². The van der Waals surface area contributed by atoms with Crippen molar-refractivity contribution in [1.29, 1.82) is 0 Å². The predicted molar refractivity (Wildman–Crippen MR) is 94.0 cm³/mol. The highest BCUT2D eigenvalue weighted by molar-refractivity contribution is 5.73. The third-order valence-electron chi connectivity index (χ3n) is 4.14. The molecule has 0 radical (unpaired) electrons. The largest absolute Gasteiger partial charge is 0.491 e. The smallest absolute Gasteiger partial charge is 0.166 e. The van der Waals surface area contributed by atoms with Crippen LogP contribution in [0.3, 0.4) is 0 Å². The summed E-state index contributed by atoms with van der Waals surface area (Å²) in [4.78, 5) is 4.70. The number of aromatic nitrogens is 3. The van der Waals surface area contributed by atoms with Crippen LogP contribution in [0.4, 0.5) is 5.82 Å². The molecule has 3 aromatic rings. The quantitative estimate of drug-likeness (QED) is 0.666. The van der Waals surface area contributed by atoms with E-state index in [1.165, 1.54) is 0 Å². The van der Waals surface area contributed by atoms with E-state index < -0.39 is 0 Å². The Balaban J connectivity index is 1.79. The van der Waals surface area contributed by atoms with Crippen LogP contribution in [0.2, 0.25) is 0 Å². The van der Waals surface area contributed by atoms with E-state index in [0.717, 1.165) is 34.0 Å². The molecule has 1 aliphatic rings. The van der Waals surface area contributed by atoms with Crippen molar-refractivity contribution in [3.05, 3.63) is 60.4 Å². The Morgan fingerprint density at radius 1 is 1.29 bits per heavy atom. The van der Waals surface area contributed by atoms with Crippen LogP contribution in [0, 0.1) is 0 Å². The van der Waals surface area contributed by atoms with Crippen LogP contribution in [0.5, 0.6) is 5.75 Å². The molecule has 24 heavy (non-hydrogen) atoms. The van der Waals surface area contributed by atoms with Crippen LogP contribution in [-0.4, -0.2) is 27.7 Å². The normalized spacial score (nSPS) is 17.7. The summed E-state index contributed by atoms with van der Waals surface area (Å²) in [6, 6.07) is 10.1. The Kier molecular flexibility index (Phi) is 3.57. The third-order valence-corrected chi connectivity index (χ3v) is 4.14. The number of anilines is 1. The molecule has 0 aliphatic carbocycles. The van der Waals surface area contributed by atoms with Crippen molar-refractivity contribution >= 4 is 17.2 Å². The summed E-state index contributed by atoms with van der Waals surface area (Å²) in [5.74, 6) is 1.67. The molecule has 2 aromatic heterocycles. The molecule has 1 atom stereocenters. The van der Waals surface area contributed by atoms with E-state index in [1.54, 1.807) is 10.7 Å². The molecule has 0 spiro atoms. The number of nitrogens with zero attached hydrogens (tertiary/aromatic N) is 3. The number of hydrogen-bond acceptors (Lipinski definition) is 5. The molecule has 122 valence electrons. The average molecular weight is 321 g/mol. The molecule has 3 heterocycles. The van der Waals surface area contributed by atoms with E-state index in [9.17, 15) is 0 Å². The van der Waals surface area contributed by atoms with Gasteiger partial charge in [-0.15, -0.1) is 0 Å². The summed E-state index contributed by atoms with van der Waals surface area (Å²) in [6.45, 7) is 7.41. The Hall–Kier alpha value is -3.02. The lowest BCUT2D eigenvalue weighted by atomic mass is 10.1. The van der Waals surface area contributed by atoms with Gasteiger partial charge in [0.2, 0.25) is 0 Å². The first-order chi connectivity index (χ1) is 11.7. The van der Waals surface area contributed by atoms with Crippen LogP contribution in [-0.2, 0) is 0 Å². The van der Waals surface area contributed by atoms with Crippen LogP contribution in [0.15, 0.2) is 49.3 Å². The van der Waals surface area contributed by atoms with Crippen molar-refractivity contribution in [3.8, 4) is 5.75 Å². The van der Waals surface area contributed by atoms with Gasteiger partial charge < -0.3 is 15.4 Å². The van der Waals surface area contributed by atoms with Crippen molar-refractivity contribution in [2.75, 3.05) is 18.5 Å². The average Bonchev–Trinajstić information content (AvgIpc) is 3.01. The van der Waals surface area contributed by atoms with Gasteiger partial charge in [0, 0.05) is 24.0 Å². The van der Waals surface area contributed by atoms with Crippen LogP contribution < -0.4 is 15.4 Å². The Labute approximate surface area is 140 Å². The molecule has 1 unspecified atom stereocenters. The number of fused-ring (bicyclic) bond motifs is 2. The second-order valence-corrected chi connectivity index (χ2v) is 5.80. The minimum absolute atomic E-state index is 0.0689. The van der Waals surface area contributed by atoms with Gasteiger partial charge >= 0.3 is 0 Å². The standard InChI is InChI=1S/C18H19N5O/c1-12-15-11-20-23-9-7-17(22-18(15)23)21-13(2)14-5-3-4-6-16(14)24-10-8-19-12/h3-7,9,11,13,19H,1,8,10H2,2H3,(H,21,22). The number of benzene rings is 1. The molecule has 2 bridgehead atoms. The van der Waals surface area contributed by atoms with E-state index >= 15 is 0 Å². The highest BCUT2D eigenvalue weighted by Crippen LogP contribution is 2.28. The second kappa shape index (κ2) is 5.88. The fourth-order valence-electron chi connectivity index (χ4n) is 2.89. The molecule has 4 rings (SSSR count). The zero-order chi connectivity index (χ0) is 16.5. The first kappa shape index (κ1) is 14.6. The van der Waals surface area contributed by atoms with Crippen molar-refractivity contribution in [2.24, 2.45) is 0 Å². The maximum Gasteiger partial charge on any atom is 0.166 e. The van der Waals surface area contributed by atoms with Crippen LogP contribution in [0.25, 0.3) is 11.3 Å². The molecule has 1 aliphatic heterocycles. The number of hydrogen-bond donors (Lipinski definition) is 2. The summed E-state index contributed by atoms with van der Waals surface area (Å²) in [5, 5.41) is 11.1. The fraction of sp³-hybridized carbons (Fsp3) is 0.222. The number of nitrogens with one attached hydrogen (secondary N) is 2. The Morgan fingerprint density at radius 3 is 3.08 bits per heavy atom. The Morgan fingerprint density at radius 2 is 2.17 bits per heavy atom. The Bertz CT molecular complexity index is 901. The van der Waals surface area contributed by atoms with Gasteiger partial charge in [0.25, 0.3) is 0 Å². The highest BCUT2D eigenvalue weighted by atomic mass is 16.5. The number of rotatable bonds is 0. The topological polar surface area (TPSA) is 63.5 Å². The van der Waals surface area contributed by atoms with Crippen molar-refractivity contribution in [2.45, 2.75) is 13.0 Å². The van der Waals surface area contributed by atoms with Crippen LogP contribution in [0.1, 0.15) is 24.1 Å². The molecule has 0 fully saturated rings. The molecule has 6 nitrogen and oxygen atoms in total. The second-order valence-electron chi connectivity index (χ2n) is 5.80. The first-order valence-electron chi connectivity index (χ1n) is 7.98. The maximum atomic E-state index is 5.95. The minimum atomic E-state index is 0.0689. The molecule has 0 amide bonds. The highest BCUT2D eigenvalue weighted by Gasteiger charge is 2.15. The van der Waals surface area contributed by atoms with E-state index in [0.29, 0.717) is 13.2 Å². The van der Waals surface area contributed by atoms with E-state index in [-0.39, 0.29) is 6.04 Å². The van der Waals surface area contributed by atoms with E-state index in [2.05, 4.69) is 35.3 Å². The van der Waals surface area contributed by atoms with Gasteiger partial charge in [0.05, 0.1) is 17.8 Å². The number of ether oxygens (including phenoxy) is 1. The minimum Gasteiger partial charge on any atom is -0.491 e. The van der Waals surface area contributed by atoms with Gasteiger partial charge in [-0.3, -0.25) is 0 Å². The van der Waals surface area contributed by atoms with Gasteiger partial charge in [-0.2, -0.15) is 5.10 Å². The maximum absolute atomic E-state index is 5.95. The summed E-state index contributed by atoms with van der Waals surface area (Å²) in [7, 11) is 0. The molecule has 0 saturated heterocycles. The molecule has 1 aromatic carbocycles. The molecule has 2 N–H and O–H groups in total. The van der Waals surface area contributed by atoms with Crippen molar-refractivity contribution < 1.29 is 4.74 Å². The monoisotopic (exact) mass is 321 g/mol. The van der Waals surface area contributed by atoms with Gasteiger partial charge in [0.1, 0.15) is 18.2 Å². The van der Waals surface area contributed by atoms with Crippen molar-refractivity contribution in [1.82, 2.24) is 19.9 Å². The van der Waals surface area contributed by atoms with Gasteiger partial charge in [-0.1, -0.05) is 24.8 Å². The van der Waals surface area contributed by atoms with E-state index in [4.69, 9.17) is 9.72 Å². The molecule has 0 saturated carbocycles. The lowest BCUT2D eigenvalue weighted by Crippen LogP contribution is -2.19. The summed E-state index contributed by atoms with van der Waals surface area (Å²) < 4.78 is 7.70. The summed E-state index contributed by atoms with van der Waals surface area (Å²) in [5.41, 5.74) is 3.56. The predicted octanol–water partition coefficient (Wildman–Crippen LogP) is 2.86. The fourth-order valence-corrected chi connectivity index (χ4v) is 2.89. The summed E-state index contributed by atoms with van der Waals surface area (Å²) in [6.07, 6.45) is 3.68. The number of para-hydroxylation sites is 1. The first-order valence-corrected chi connectivity index (χ1v) is 7.98. The molecular formula is C18H19N5O. The lowest BCUT2D eigenvalue weighted by Gasteiger charge is -2.18. The third kappa shape index (κ3) is 2.56. The van der Waals surface area contributed by atoms with Crippen molar-refractivity contribution in [3.63, 3.8) is 0 Å². The van der Waals surface area contributed by atoms with Gasteiger partial charge in [-0.05, 0) is 19.1 Å². The molecular weight excluding hydrogens is 302 g/mol. The van der Waals surface area contributed by atoms with Crippen LogP contribution >= 0.6 is 0 Å². The van der Waals surface area contributed by atoms with E-state index in [1.807, 2.05) is 30.5 Å². The molecule has 6 heteroatoms. The SMILES string of the molecule is C=C1NCCOc2ccccc2C(C)Nc2ccn3ncc1c3n2. The zero-order valence-electron chi connectivity index (χ0n) is 13.5. The summed E-state index contributed by atoms with van der Waals surface area (Å²) >= 11 is 0.